The first-order valence-electron chi connectivity index (χ1n) is 10.0. The van der Waals surface area contributed by atoms with Crippen LogP contribution in [0.25, 0.3) is 0 Å². The Hall–Kier alpha value is -1.26. The van der Waals surface area contributed by atoms with Gasteiger partial charge in [0.1, 0.15) is 5.82 Å². The third kappa shape index (κ3) is 6.13. The van der Waals surface area contributed by atoms with Gasteiger partial charge in [-0.3, -0.25) is 13.9 Å². The first-order chi connectivity index (χ1) is 14.1. The summed E-state index contributed by atoms with van der Waals surface area (Å²) >= 11 is 5.46. The van der Waals surface area contributed by atoms with E-state index in [0.717, 1.165) is 40.7 Å². The fourth-order valence-electron chi connectivity index (χ4n) is 3.55. The van der Waals surface area contributed by atoms with Gasteiger partial charge in [-0.25, -0.2) is 0 Å². The Morgan fingerprint density at radius 2 is 2.13 bits per heavy atom. The van der Waals surface area contributed by atoms with Gasteiger partial charge >= 0.3 is 0 Å². The summed E-state index contributed by atoms with van der Waals surface area (Å²) in [6, 6.07) is 5.79. The van der Waals surface area contributed by atoms with Gasteiger partial charge < -0.3 is 9.87 Å². The van der Waals surface area contributed by atoms with Crippen LogP contribution >= 0.6 is 22.9 Å². The van der Waals surface area contributed by atoms with Crippen LogP contribution in [0, 0.1) is 5.41 Å². The Labute approximate surface area is 189 Å². The molecule has 10 heteroatoms. The zero-order valence-corrected chi connectivity index (χ0v) is 19.9. The molecule has 1 fully saturated rings. The molecule has 0 aromatic carbocycles. The molecule has 0 radical (unpaired) electrons. The molecule has 0 spiro atoms. The summed E-state index contributed by atoms with van der Waals surface area (Å²) in [7, 11) is 0. The number of halogens is 1. The normalized spacial score (nSPS) is 19.4. The number of rotatable bonds is 6. The van der Waals surface area contributed by atoms with Gasteiger partial charge in [-0.1, -0.05) is 32.4 Å². The molecule has 7 nitrogen and oxygen atoms in total. The second-order valence-electron chi connectivity index (χ2n) is 8.66. The molecule has 2 aromatic rings. The minimum Gasteiger partial charge on any atom is -0.771 e. The zero-order chi connectivity index (χ0) is 21.9. The molecule has 2 unspecified atom stereocenters. The molecular weight excluding hydrogens is 444 g/mol. The lowest BCUT2D eigenvalue weighted by Gasteiger charge is -2.20. The molecule has 2 aromatic heterocycles. The van der Waals surface area contributed by atoms with Gasteiger partial charge in [-0.05, 0) is 55.6 Å². The summed E-state index contributed by atoms with van der Waals surface area (Å²) in [5.74, 6) is 0.870. The van der Waals surface area contributed by atoms with Crippen molar-refractivity contribution in [2.45, 2.75) is 52.5 Å². The standard InChI is InChI=1S/C20H29ClN4O3S2/c1-20(2,3)19(26)25-18(22-12-15-6-7-17(21)29-15)11-16(23-25)14-5-4-9-24(10-8-14)13-30(27)28/h6-7,11,14,22H,4-5,8-10,12-13H2,1-3H3,(H,27,28)/p-1. The first kappa shape index (κ1) is 23.4. The minimum atomic E-state index is -2.07. The Morgan fingerprint density at radius 3 is 2.77 bits per heavy atom. The van der Waals surface area contributed by atoms with Crippen molar-refractivity contribution in [2.24, 2.45) is 5.41 Å². The van der Waals surface area contributed by atoms with Crippen molar-refractivity contribution in [1.82, 2.24) is 14.7 Å². The van der Waals surface area contributed by atoms with Crippen LogP contribution in [0.5, 0.6) is 0 Å². The lowest BCUT2D eigenvalue weighted by Crippen LogP contribution is -2.29. The van der Waals surface area contributed by atoms with E-state index >= 15 is 0 Å². The largest absolute Gasteiger partial charge is 0.771 e. The van der Waals surface area contributed by atoms with E-state index < -0.39 is 16.5 Å². The van der Waals surface area contributed by atoms with Crippen LogP contribution in [0.1, 0.15) is 61.3 Å². The predicted molar refractivity (Wildman–Crippen MR) is 121 cm³/mol. The van der Waals surface area contributed by atoms with E-state index in [9.17, 15) is 13.6 Å². The highest BCUT2D eigenvalue weighted by atomic mass is 35.5. The van der Waals surface area contributed by atoms with Gasteiger partial charge in [-0.2, -0.15) is 9.78 Å². The summed E-state index contributed by atoms with van der Waals surface area (Å²) in [4.78, 5) is 16.0. The lowest BCUT2D eigenvalue weighted by atomic mass is 9.96. The van der Waals surface area contributed by atoms with Crippen LogP contribution in [0.3, 0.4) is 0 Å². The first-order valence-corrected chi connectivity index (χ1v) is 12.5. The third-order valence-electron chi connectivity index (χ3n) is 5.16. The number of aromatic nitrogens is 2. The monoisotopic (exact) mass is 471 g/mol. The maximum atomic E-state index is 13.0. The number of carbonyl (C=O) groups excluding carboxylic acids is 1. The average Bonchev–Trinajstić information content (AvgIpc) is 3.19. The van der Waals surface area contributed by atoms with E-state index in [4.69, 9.17) is 11.6 Å². The van der Waals surface area contributed by atoms with Crippen molar-refractivity contribution >= 4 is 45.7 Å². The molecule has 1 aliphatic heterocycles. The van der Waals surface area contributed by atoms with Gasteiger partial charge in [0.15, 0.2) is 0 Å². The summed E-state index contributed by atoms with van der Waals surface area (Å²) in [5.41, 5.74) is 0.314. The smallest absolute Gasteiger partial charge is 0.254 e. The van der Waals surface area contributed by atoms with E-state index in [-0.39, 0.29) is 17.7 Å². The van der Waals surface area contributed by atoms with Crippen LogP contribution < -0.4 is 5.32 Å². The Bertz CT molecular complexity index is 906. The second kappa shape index (κ2) is 9.91. The van der Waals surface area contributed by atoms with E-state index in [2.05, 4.69) is 10.4 Å². The number of carbonyl (C=O) groups is 1. The predicted octanol–water partition coefficient (Wildman–Crippen LogP) is 4.30. The Morgan fingerprint density at radius 1 is 1.37 bits per heavy atom. The third-order valence-corrected chi connectivity index (χ3v) is 6.97. The highest BCUT2D eigenvalue weighted by Gasteiger charge is 2.29. The Balaban J connectivity index is 1.80. The van der Waals surface area contributed by atoms with Gasteiger partial charge in [0.2, 0.25) is 0 Å². The maximum absolute atomic E-state index is 13.0. The number of anilines is 1. The molecular formula is C20H28ClN4O3S2-. The quantitative estimate of drug-likeness (QED) is 0.631. The molecule has 3 rings (SSSR count). The zero-order valence-electron chi connectivity index (χ0n) is 17.5. The van der Waals surface area contributed by atoms with Gasteiger partial charge in [0.05, 0.1) is 22.5 Å². The molecule has 30 heavy (non-hydrogen) atoms. The minimum absolute atomic E-state index is 0.0693. The van der Waals surface area contributed by atoms with Crippen LogP contribution in [-0.4, -0.2) is 48.3 Å². The van der Waals surface area contributed by atoms with Gasteiger partial charge in [0, 0.05) is 22.3 Å². The highest BCUT2D eigenvalue weighted by molar-refractivity contribution is 7.79. The van der Waals surface area contributed by atoms with E-state index in [1.807, 2.05) is 43.9 Å². The maximum Gasteiger partial charge on any atom is 0.254 e. The number of hydrogen-bond donors (Lipinski definition) is 1. The Kier molecular flexibility index (Phi) is 7.73. The molecule has 0 aliphatic carbocycles. The van der Waals surface area contributed by atoms with E-state index in [1.165, 1.54) is 16.0 Å². The van der Waals surface area contributed by atoms with Crippen molar-refractivity contribution in [3.8, 4) is 0 Å². The van der Waals surface area contributed by atoms with Crippen molar-refractivity contribution < 1.29 is 13.6 Å². The molecule has 1 N–H and O–H groups in total. The fourth-order valence-corrected chi connectivity index (χ4v) is 5.14. The second-order valence-corrected chi connectivity index (χ2v) is 11.3. The van der Waals surface area contributed by atoms with Crippen LogP contribution in [0.4, 0.5) is 5.82 Å². The molecule has 0 saturated carbocycles. The SMILES string of the molecule is CC(C)(C)C(=O)n1nc(C2CCCN(CS(=O)[O-])CC2)cc1NCc1ccc(Cl)s1. The van der Waals surface area contributed by atoms with Crippen molar-refractivity contribution in [3.63, 3.8) is 0 Å². The topological polar surface area (TPSA) is 90.3 Å². The van der Waals surface area contributed by atoms with Crippen LogP contribution in [0.15, 0.2) is 18.2 Å². The van der Waals surface area contributed by atoms with Crippen molar-refractivity contribution in [3.05, 3.63) is 33.1 Å². The molecule has 1 saturated heterocycles. The fraction of sp³-hybridized carbons (Fsp3) is 0.600. The number of nitrogens with zero attached hydrogens (tertiary/aromatic N) is 3. The van der Waals surface area contributed by atoms with E-state index in [1.54, 1.807) is 0 Å². The van der Waals surface area contributed by atoms with E-state index in [0.29, 0.717) is 18.9 Å². The number of likely N-dealkylation sites (tertiary alicyclic amines) is 1. The van der Waals surface area contributed by atoms with Gasteiger partial charge in [0.25, 0.3) is 5.91 Å². The number of thiophene rings is 1. The summed E-state index contributed by atoms with van der Waals surface area (Å²) < 4.78 is 24.3. The van der Waals surface area contributed by atoms with Gasteiger partial charge in [-0.15, -0.1) is 11.3 Å². The summed E-state index contributed by atoms with van der Waals surface area (Å²) in [6.45, 7) is 7.67. The van der Waals surface area contributed by atoms with Crippen LogP contribution in [0.2, 0.25) is 4.34 Å². The lowest BCUT2D eigenvalue weighted by molar-refractivity contribution is 0.0751. The molecule has 1 aliphatic rings. The molecule has 0 amide bonds. The average molecular weight is 472 g/mol. The molecule has 3 heterocycles. The molecule has 0 bridgehead atoms. The molecule has 166 valence electrons. The van der Waals surface area contributed by atoms with Crippen LogP contribution in [-0.2, 0) is 17.6 Å². The highest BCUT2D eigenvalue weighted by Crippen LogP contribution is 2.31. The molecule has 2 atom stereocenters. The summed E-state index contributed by atoms with van der Waals surface area (Å²) in [5, 5.41) is 8.03. The number of nitrogens with one attached hydrogen (secondary N) is 1. The van der Waals surface area contributed by atoms with Crippen molar-refractivity contribution in [1.29, 1.82) is 0 Å². The number of hydrogen-bond acceptors (Lipinski definition) is 7. The summed E-state index contributed by atoms with van der Waals surface area (Å²) in [6.07, 6.45) is 2.64. The van der Waals surface area contributed by atoms with Crippen molar-refractivity contribution in [2.75, 3.05) is 24.3 Å².